The largest absolute Gasteiger partial charge is 0.490 e. The summed E-state index contributed by atoms with van der Waals surface area (Å²) in [6, 6.07) is 11.2. The van der Waals surface area contributed by atoms with Crippen molar-refractivity contribution in [3.8, 4) is 23.0 Å². The van der Waals surface area contributed by atoms with Crippen LogP contribution in [0.15, 0.2) is 48.6 Å². The molecule has 0 aliphatic rings. The lowest BCUT2D eigenvalue weighted by Gasteiger charge is -2.13. The zero-order valence-electron chi connectivity index (χ0n) is 28.5. The SMILES string of the molecule is CCCCCCCCOc1ccc(/C=C/C(=O)CC(=O)/C=C/c2ccc(OCCCCCCCC)c(OCCN)c2)cc1OCC. The summed E-state index contributed by atoms with van der Waals surface area (Å²) in [5.41, 5.74) is 7.22. The van der Waals surface area contributed by atoms with E-state index in [1.807, 2.05) is 43.3 Å². The van der Waals surface area contributed by atoms with Crippen molar-refractivity contribution >= 4 is 23.7 Å². The minimum Gasteiger partial charge on any atom is -0.490 e. The van der Waals surface area contributed by atoms with E-state index < -0.39 is 0 Å². The zero-order chi connectivity index (χ0) is 33.2. The van der Waals surface area contributed by atoms with E-state index in [1.54, 1.807) is 12.2 Å². The van der Waals surface area contributed by atoms with E-state index in [0.717, 1.165) is 36.8 Å². The molecule has 7 heteroatoms. The summed E-state index contributed by atoms with van der Waals surface area (Å²) >= 11 is 0. The van der Waals surface area contributed by atoms with Gasteiger partial charge in [0.15, 0.2) is 34.6 Å². The Labute approximate surface area is 277 Å². The molecule has 2 rings (SSSR count). The second kappa shape index (κ2) is 24.6. The third kappa shape index (κ3) is 16.6. The number of rotatable bonds is 27. The first-order chi connectivity index (χ1) is 22.5. The van der Waals surface area contributed by atoms with Gasteiger partial charge in [0.25, 0.3) is 0 Å². The summed E-state index contributed by atoms with van der Waals surface area (Å²) in [4.78, 5) is 25.1. The molecule has 7 nitrogen and oxygen atoms in total. The highest BCUT2D eigenvalue weighted by molar-refractivity contribution is 6.10. The Hall–Kier alpha value is -3.58. The van der Waals surface area contributed by atoms with Crippen molar-refractivity contribution in [3.63, 3.8) is 0 Å². The van der Waals surface area contributed by atoms with Crippen molar-refractivity contribution in [2.75, 3.05) is 33.0 Å². The van der Waals surface area contributed by atoms with Gasteiger partial charge in [0.1, 0.15) is 6.61 Å². The molecule has 0 amide bonds. The number of ether oxygens (including phenoxy) is 4. The van der Waals surface area contributed by atoms with Crippen LogP contribution in [0.3, 0.4) is 0 Å². The van der Waals surface area contributed by atoms with E-state index in [0.29, 0.717) is 56.0 Å². The topological polar surface area (TPSA) is 97.1 Å². The van der Waals surface area contributed by atoms with Crippen LogP contribution in [0.5, 0.6) is 23.0 Å². The maximum atomic E-state index is 12.6. The molecule has 46 heavy (non-hydrogen) atoms. The molecule has 0 aromatic heterocycles. The van der Waals surface area contributed by atoms with Gasteiger partial charge in [-0.15, -0.1) is 0 Å². The van der Waals surface area contributed by atoms with E-state index in [1.165, 1.54) is 63.5 Å². The van der Waals surface area contributed by atoms with Crippen LogP contribution in [-0.4, -0.2) is 44.5 Å². The number of allylic oxidation sites excluding steroid dienone is 2. The quantitative estimate of drug-likeness (QED) is 0.0594. The van der Waals surface area contributed by atoms with Crippen LogP contribution in [-0.2, 0) is 9.59 Å². The molecule has 0 radical (unpaired) electrons. The fourth-order valence-electron chi connectivity index (χ4n) is 4.84. The summed E-state index contributed by atoms with van der Waals surface area (Å²) in [5, 5.41) is 0. The lowest BCUT2D eigenvalue weighted by atomic mass is 10.1. The number of hydrogen-bond donors (Lipinski definition) is 1. The summed E-state index contributed by atoms with van der Waals surface area (Å²) in [6.07, 6.45) is 20.4. The molecule has 0 spiro atoms. The lowest BCUT2D eigenvalue weighted by molar-refractivity contribution is -0.121. The molecule has 0 heterocycles. The fourth-order valence-corrected chi connectivity index (χ4v) is 4.84. The van der Waals surface area contributed by atoms with Gasteiger partial charge in [-0.05, 0) is 67.3 Å². The number of benzene rings is 2. The van der Waals surface area contributed by atoms with Crippen LogP contribution >= 0.6 is 0 Å². The van der Waals surface area contributed by atoms with E-state index in [4.69, 9.17) is 24.7 Å². The van der Waals surface area contributed by atoms with Gasteiger partial charge >= 0.3 is 0 Å². The third-order valence-electron chi connectivity index (χ3n) is 7.39. The Balaban J connectivity index is 1.89. The molecule has 0 saturated carbocycles. The lowest BCUT2D eigenvalue weighted by Crippen LogP contribution is -2.11. The molecule has 0 atom stereocenters. The molecule has 2 aromatic rings. The molecule has 0 saturated heterocycles. The Kier molecular flexibility index (Phi) is 20.7. The van der Waals surface area contributed by atoms with E-state index in [2.05, 4.69) is 13.8 Å². The minimum absolute atomic E-state index is 0.221. The monoisotopic (exact) mass is 635 g/mol. The van der Waals surface area contributed by atoms with Crippen LogP contribution in [0.4, 0.5) is 0 Å². The molecular weight excluding hydrogens is 578 g/mol. The van der Waals surface area contributed by atoms with Gasteiger partial charge in [-0.25, -0.2) is 0 Å². The van der Waals surface area contributed by atoms with Gasteiger partial charge in [0.2, 0.25) is 0 Å². The standard InChI is InChI=1S/C39H57NO6/c1-4-7-9-11-13-15-26-44-36-23-19-32(29-38(36)43-6-3)17-21-34(41)31-35(42)22-18-33-20-24-37(39(30-33)46-28-25-40)45-27-16-14-12-10-8-5-2/h17-24,29-30H,4-16,25-28,31,40H2,1-3H3/b21-17+,22-18+. The van der Waals surface area contributed by atoms with Crippen molar-refractivity contribution in [1.82, 2.24) is 0 Å². The van der Waals surface area contributed by atoms with E-state index in [9.17, 15) is 9.59 Å². The summed E-state index contributed by atoms with van der Waals surface area (Å²) < 4.78 is 23.5. The number of unbranched alkanes of at least 4 members (excludes halogenated alkanes) is 10. The third-order valence-corrected chi connectivity index (χ3v) is 7.39. The van der Waals surface area contributed by atoms with Gasteiger partial charge in [-0.3, -0.25) is 9.59 Å². The Morgan fingerprint density at radius 3 is 1.46 bits per heavy atom. The number of nitrogens with two attached hydrogens (primary N) is 1. The molecule has 2 N–H and O–H groups in total. The first-order valence-electron chi connectivity index (χ1n) is 17.4. The van der Waals surface area contributed by atoms with Gasteiger partial charge in [-0.2, -0.15) is 0 Å². The van der Waals surface area contributed by atoms with Crippen molar-refractivity contribution in [2.24, 2.45) is 5.73 Å². The van der Waals surface area contributed by atoms with Gasteiger partial charge in [-0.1, -0.05) is 102 Å². The van der Waals surface area contributed by atoms with Crippen LogP contribution in [0.2, 0.25) is 0 Å². The highest BCUT2D eigenvalue weighted by Crippen LogP contribution is 2.30. The van der Waals surface area contributed by atoms with Gasteiger partial charge in [0, 0.05) is 6.54 Å². The molecule has 254 valence electrons. The minimum atomic E-state index is -0.282. The maximum absolute atomic E-state index is 12.6. The molecule has 0 aliphatic carbocycles. The molecule has 0 bridgehead atoms. The molecular formula is C39H57NO6. The van der Waals surface area contributed by atoms with E-state index in [-0.39, 0.29) is 18.0 Å². The normalized spacial score (nSPS) is 11.3. The van der Waals surface area contributed by atoms with Gasteiger partial charge < -0.3 is 24.7 Å². The highest BCUT2D eigenvalue weighted by Gasteiger charge is 2.09. The van der Waals surface area contributed by atoms with Crippen molar-refractivity contribution in [1.29, 1.82) is 0 Å². The predicted octanol–water partition coefficient (Wildman–Crippen LogP) is 9.16. The summed E-state index contributed by atoms with van der Waals surface area (Å²) in [6.45, 7) is 8.89. The first-order valence-corrected chi connectivity index (χ1v) is 17.4. The molecule has 2 aromatic carbocycles. The number of carbonyl (C=O) groups excluding carboxylic acids is 2. The van der Waals surface area contributed by atoms with Crippen LogP contribution in [0.25, 0.3) is 12.2 Å². The van der Waals surface area contributed by atoms with Crippen LogP contribution in [0.1, 0.15) is 115 Å². The molecule has 0 fully saturated rings. The second-order valence-electron chi connectivity index (χ2n) is 11.5. The van der Waals surface area contributed by atoms with E-state index >= 15 is 0 Å². The average molecular weight is 636 g/mol. The smallest absolute Gasteiger partial charge is 0.163 e. The number of carbonyl (C=O) groups is 2. The number of hydrogen-bond acceptors (Lipinski definition) is 7. The zero-order valence-corrected chi connectivity index (χ0v) is 28.5. The van der Waals surface area contributed by atoms with Gasteiger partial charge in [0.05, 0.1) is 26.2 Å². The molecule has 0 aliphatic heterocycles. The summed E-state index contributed by atoms with van der Waals surface area (Å²) in [7, 11) is 0. The average Bonchev–Trinajstić information content (AvgIpc) is 3.06. The molecule has 0 unspecified atom stereocenters. The summed E-state index contributed by atoms with van der Waals surface area (Å²) in [5.74, 6) is 2.05. The van der Waals surface area contributed by atoms with Crippen molar-refractivity contribution < 1.29 is 28.5 Å². The fraction of sp³-hybridized carbons (Fsp3) is 0.538. The highest BCUT2D eigenvalue weighted by atomic mass is 16.5. The predicted molar refractivity (Wildman–Crippen MR) is 189 cm³/mol. The van der Waals surface area contributed by atoms with Crippen LogP contribution < -0.4 is 24.7 Å². The first kappa shape index (κ1) is 38.6. The Bertz CT molecular complexity index is 1200. The van der Waals surface area contributed by atoms with Crippen molar-refractivity contribution in [3.05, 3.63) is 59.7 Å². The van der Waals surface area contributed by atoms with Crippen LogP contribution in [0, 0.1) is 0 Å². The number of ketones is 2. The Morgan fingerprint density at radius 2 is 1.00 bits per heavy atom. The Morgan fingerprint density at radius 1 is 0.565 bits per heavy atom. The maximum Gasteiger partial charge on any atom is 0.163 e. The second-order valence-corrected chi connectivity index (χ2v) is 11.5. The van der Waals surface area contributed by atoms with Crippen molar-refractivity contribution in [2.45, 2.75) is 104 Å².